The molecule has 0 bridgehead atoms. The van der Waals surface area contributed by atoms with E-state index in [0.717, 1.165) is 45.5 Å². The summed E-state index contributed by atoms with van der Waals surface area (Å²) in [6, 6.07) is 53.2. The highest BCUT2D eigenvalue weighted by atomic mass is 32.2. The van der Waals surface area contributed by atoms with Gasteiger partial charge in [-0.05, 0) is 106 Å². The summed E-state index contributed by atoms with van der Waals surface area (Å²) in [6.45, 7) is 14.1. The fourth-order valence-corrected chi connectivity index (χ4v) is 10.5. The second-order valence-electron chi connectivity index (χ2n) is 16.6. The molecule has 3 aliphatic rings. The van der Waals surface area contributed by atoms with Gasteiger partial charge in [-0.2, -0.15) is 0 Å². The number of ether oxygens (including phenoxy) is 2. The van der Waals surface area contributed by atoms with Crippen LogP contribution in [0.1, 0.15) is 76.0 Å². The Balaban J connectivity index is 1.23. The van der Waals surface area contributed by atoms with Crippen LogP contribution >= 0.6 is 11.8 Å². The van der Waals surface area contributed by atoms with Crippen LogP contribution in [0.25, 0.3) is 0 Å². The third kappa shape index (κ3) is 6.00. The van der Waals surface area contributed by atoms with Gasteiger partial charge in [-0.1, -0.05) is 155 Å². The molecule has 0 N–H and O–H groups in total. The Labute approximate surface area is 342 Å². The minimum Gasteiger partial charge on any atom is -0.458 e. The highest BCUT2D eigenvalue weighted by Gasteiger charge is 2.43. The third-order valence-corrected chi connectivity index (χ3v) is 13.2. The molecule has 0 unspecified atom stereocenters. The van der Waals surface area contributed by atoms with Crippen LogP contribution in [-0.2, 0) is 0 Å². The normalized spacial score (nSPS) is 13.4. The number of nitrogens with zero attached hydrogens (tertiary/aromatic N) is 1. The van der Waals surface area contributed by atoms with Crippen molar-refractivity contribution in [1.29, 1.82) is 0 Å². The zero-order valence-electron chi connectivity index (χ0n) is 33.4. The maximum Gasteiger partial charge on any atom is 0.260 e. The first-order chi connectivity index (χ1) is 27.7. The first kappa shape index (κ1) is 35.8. The highest BCUT2D eigenvalue weighted by molar-refractivity contribution is 8.00. The van der Waals surface area contributed by atoms with E-state index in [0.29, 0.717) is 17.8 Å². The molecule has 57 heavy (non-hydrogen) atoms. The van der Waals surface area contributed by atoms with Crippen molar-refractivity contribution in [3.63, 3.8) is 0 Å². The molecule has 3 heterocycles. The molecule has 278 valence electrons. The van der Waals surface area contributed by atoms with Crippen LogP contribution in [0, 0.1) is 0 Å². The standard InChI is InChI=1S/C51H45B2NO2S/c1-31(2)34-26-38(32(3)4)50(39(27-34)33(5)6)53-41-25-24-37(54(35-16-9-7-10-17-35)36-18-11-8-12-19-36)28-48(41)57-49-30-47-42(29-43(49)53)52-40-20-13-14-21-44(40)55-45-22-15-23-46(56-47)51(45)52/h7-33H,1-6H3. The first-order valence-electron chi connectivity index (χ1n) is 20.4. The minimum atomic E-state index is 0.00683. The quantitative estimate of drug-likeness (QED) is 0.151. The Bertz CT molecular complexity index is 2610. The van der Waals surface area contributed by atoms with Gasteiger partial charge in [-0.3, -0.25) is 0 Å². The summed E-state index contributed by atoms with van der Waals surface area (Å²) in [5.74, 6) is 4.71. The first-order valence-corrected chi connectivity index (χ1v) is 21.2. The highest BCUT2D eigenvalue weighted by Crippen LogP contribution is 2.41. The van der Waals surface area contributed by atoms with Crippen molar-refractivity contribution < 1.29 is 9.47 Å². The summed E-state index contributed by atoms with van der Waals surface area (Å²) >= 11 is 1.87. The van der Waals surface area contributed by atoms with E-state index in [1.165, 1.54) is 53.8 Å². The van der Waals surface area contributed by atoms with Gasteiger partial charge in [0.25, 0.3) is 6.71 Å². The Kier molecular flexibility index (Phi) is 8.86. The second kappa shape index (κ2) is 14.1. The van der Waals surface area contributed by atoms with Crippen molar-refractivity contribution in [3.05, 3.63) is 162 Å². The number of hydrogen-bond donors (Lipinski definition) is 0. The summed E-state index contributed by atoms with van der Waals surface area (Å²) in [4.78, 5) is 4.88. The monoisotopic (exact) mass is 757 g/mol. The molecule has 0 spiro atoms. The maximum atomic E-state index is 6.88. The number of benzene rings is 7. The summed E-state index contributed by atoms with van der Waals surface area (Å²) in [7, 11) is 0. The Hall–Kier alpha value is -5.58. The smallest absolute Gasteiger partial charge is 0.260 e. The van der Waals surface area contributed by atoms with Crippen molar-refractivity contribution in [2.75, 3.05) is 4.90 Å². The van der Waals surface area contributed by atoms with Gasteiger partial charge in [0.2, 0.25) is 6.71 Å². The van der Waals surface area contributed by atoms with Gasteiger partial charge < -0.3 is 14.4 Å². The van der Waals surface area contributed by atoms with Crippen LogP contribution in [-0.4, -0.2) is 13.4 Å². The van der Waals surface area contributed by atoms with Gasteiger partial charge in [-0.15, -0.1) is 0 Å². The molecule has 0 saturated heterocycles. The Morgan fingerprint density at radius 2 is 0.982 bits per heavy atom. The van der Waals surface area contributed by atoms with Gasteiger partial charge in [0, 0.05) is 32.3 Å². The molecule has 0 aliphatic carbocycles. The zero-order chi connectivity index (χ0) is 38.9. The van der Waals surface area contributed by atoms with Gasteiger partial charge in [0.1, 0.15) is 23.0 Å². The lowest BCUT2D eigenvalue weighted by Crippen LogP contribution is -2.61. The summed E-state index contributed by atoms with van der Waals surface area (Å²) in [6.07, 6.45) is 0. The van der Waals surface area contributed by atoms with E-state index in [1.807, 2.05) is 17.8 Å². The predicted molar refractivity (Wildman–Crippen MR) is 243 cm³/mol. The van der Waals surface area contributed by atoms with Crippen LogP contribution in [0.15, 0.2) is 155 Å². The van der Waals surface area contributed by atoms with Gasteiger partial charge >= 0.3 is 0 Å². The maximum absolute atomic E-state index is 6.88. The van der Waals surface area contributed by atoms with Crippen LogP contribution in [0.3, 0.4) is 0 Å². The molecule has 0 atom stereocenters. The molecule has 0 aromatic heterocycles. The molecule has 0 fully saturated rings. The van der Waals surface area contributed by atoms with Crippen LogP contribution in [0.2, 0.25) is 0 Å². The number of fused-ring (bicyclic) bond motifs is 6. The van der Waals surface area contributed by atoms with E-state index < -0.39 is 0 Å². The molecule has 0 radical (unpaired) electrons. The largest absolute Gasteiger partial charge is 0.458 e. The van der Waals surface area contributed by atoms with Gasteiger partial charge in [-0.25, -0.2) is 0 Å². The zero-order valence-corrected chi connectivity index (χ0v) is 34.2. The lowest BCUT2D eigenvalue weighted by atomic mass is 9.31. The summed E-state index contributed by atoms with van der Waals surface area (Å²) in [5.41, 5.74) is 15.3. The van der Waals surface area contributed by atoms with Gasteiger partial charge in [0.05, 0.1) is 0 Å². The van der Waals surface area contributed by atoms with Crippen molar-refractivity contribution in [1.82, 2.24) is 0 Å². The molecule has 3 nitrogen and oxygen atoms in total. The van der Waals surface area contributed by atoms with E-state index in [9.17, 15) is 0 Å². The molecule has 6 heteroatoms. The molecule has 0 amide bonds. The third-order valence-electron chi connectivity index (χ3n) is 12.0. The number of para-hydroxylation sites is 3. The number of rotatable bonds is 7. The molecule has 3 aliphatic heterocycles. The van der Waals surface area contributed by atoms with Crippen LogP contribution in [0.4, 0.5) is 17.1 Å². The predicted octanol–water partition coefficient (Wildman–Crippen LogP) is 10.2. The number of anilines is 3. The van der Waals surface area contributed by atoms with E-state index in [1.54, 1.807) is 0 Å². The lowest BCUT2D eigenvalue weighted by molar-refractivity contribution is 0.464. The minimum absolute atomic E-state index is 0.00683. The van der Waals surface area contributed by atoms with Crippen LogP contribution < -0.4 is 47.2 Å². The Morgan fingerprint density at radius 3 is 1.61 bits per heavy atom. The molecular formula is C51H45B2NO2S. The average Bonchev–Trinajstić information content (AvgIpc) is 3.22. The molecule has 0 saturated carbocycles. The van der Waals surface area contributed by atoms with Crippen molar-refractivity contribution >= 4 is 75.0 Å². The van der Waals surface area contributed by atoms with E-state index in [2.05, 4.69) is 186 Å². The molecule has 10 rings (SSSR count). The summed E-state index contributed by atoms with van der Waals surface area (Å²) < 4.78 is 13.4. The van der Waals surface area contributed by atoms with E-state index in [-0.39, 0.29) is 13.4 Å². The van der Waals surface area contributed by atoms with E-state index in [4.69, 9.17) is 9.47 Å². The fourth-order valence-electron chi connectivity index (χ4n) is 9.27. The number of hydrogen-bond acceptors (Lipinski definition) is 4. The second-order valence-corrected chi connectivity index (χ2v) is 17.7. The Morgan fingerprint density at radius 1 is 0.421 bits per heavy atom. The van der Waals surface area contributed by atoms with E-state index >= 15 is 0 Å². The molecule has 7 aromatic carbocycles. The van der Waals surface area contributed by atoms with Crippen LogP contribution in [0.5, 0.6) is 23.0 Å². The van der Waals surface area contributed by atoms with Gasteiger partial charge in [0.15, 0.2) is 0 Å². The topological polar surface area (TPSA) is 21.7 Å². The van der Waals surface area contributed by atoms with Crippen molar-refractivity contribution in [2.45, 2.75) is 69.1 Å². The lowest BCUT2D eigenvalue weighted by Gasteiger charge is -2.36. The molecule has 7 aromatic rings. The fraction of sp³-hybridized carbons (Fsp3) is 0.176. The SMILES string of the molecule is CC(C)c1cc(C(C)C)c(B2c3ccc(N(c4ccccc4)c4ccccc4)cc3Sc3cc4c(cc32)B2c3ccccc3Oc3cccc(c32)O4)c(C(C)C)c1. The summed E-state index contributed by atoms with van der Waals surface area (Å²) in [5, 5.41) is 0. The van der Waals surface area contributed by atoms with Crippen molar-refractivity contribution in [3.8, 4) is 23.0 Å². The average molecular weight is 758 g/mol. The van der Waals surface area contributed by atoms with Crippen molar-refractivity contribution in [2.24, 2.45) is 0 Å². The molecular weight excluding hydrogens is 712 g/mol.